The predicted molar refractivity (Wildman–Crippen MR) is 44.9 cm³/mol. The predicted octanol–water partition coefficient (Wildman–Crippen LogP) is 1.34. The zero-order chi connectivity index (χ0) is 6.69. The first-order chi connectivity index (χ1) is 4.34. The molecule has 0 bridgehead atoms. The van der Waals surface area contributed by atoms with Crippen LogP contribution < -0.4 is 0 Å². The van der Waals surface area contributed by atoms with E-state index in [4.69, 9.17) is 0 Å². The molecule has 3 heteroatoms. The number of aliphatic hydroxyl groups is 1. The molecule has 0 spiro atoms. The van der Waals surface area contributed by atoms with Gasteiger partial charge in [0.15, 0.2) is 0 Å². The molecule has 0 amide bonds. The third-order valence-electron chi connectivity index (χ3n) is 1.27. The van der Waals surface area contributed by atoms with Gasteiger partial charge in [-0.25, -0.2) is 0 Å². The van der Waals surface area contributed by atoms with Crippen molar-refractivity contribution in [1.82, 2.24) is 0 Å². The smallest absolute Gasteiger partial charge is 0.0845 e. The standard InChI is InChI=1S/C6H10OS2/c1-2-5(7)6-3-8-4-9-6/h2,5-7H,1,3-4H2. The van der Waals surface area contributed by atoms with Gasteiger partial charge in [0.05, 0.1) is 6.10 Å². The Balaban J connectivity index is 2.32. The fraction of sp³-hybridized carbons (Fsp3) is 0.667. The molecule has 0 aromatic rings. The summed E-state index contributed by atoms with van der Waals surface area (Å²) >= 11 is 3.70. The summed E-state index contributed by atoms with van der Waals surface area (Å²) in [6.45, 7) is 3.53. The molecular weight excluding hydrogens is 152 g/mol. The second kappa shape index (κ2) is 3.54. The van der Waals surface area contributed by atoms with Gasteiger partial charge in [-0.3, -0.25) is 0 Å². The van der Waals surface area contributed by atoms with Gasteiger partial charge >= 0.3 is 0 Å². The van der Waals surface area contributed by atoms with Crippen LogP contribution in [0.5, 0.6) is 0 Å². The lowest BCUT2D eigenvalue weighted by Crippen LogP contribution is -2.19. The van der Waals surface area contributed by atoms with E-state index in [-0.39, 0.29) is 6.10 Å². The lowest BCUT2D eigenvalue weighted by Gasteiger charge is -2.10. The largest absolute Gasteiger partial charge is 0.388 e. The highest BCUT2D eigenvalue weighted by Crippen LogP contribution is 2.31. The number of thioether (sulfide) groups is 2. The van der Waals surface area contributed by atoms with Gasteiger partial charge in [-0.2, -0.15) is 0 Å². The second-order valence-corrected chi connectivity index (χ2v) is 4.54. The molecule has 0 aromatic heterocycles. The van der Waals surface area contributed by atoms with Crippen molar-refractivity contribution in [2.45, 2.75) is 11.4 Å². The average Bonchev–Trinajstić information content (AvgIpc) is 2.37. The summed E-state index contributed by atoms with van der Waals surface area (Å²) < 4.78 is 0. The number of aliphatic hydroxyl groups excluding tert-OH is 1. The Hall–Kier alpha value is 0.400. The molecule has 1 N–H and O–H groups in total. The molecule has 1 aliphatic heterocycles. The summed E-state index contributed by atoms with van der Waals surface area (Å²) in [7, 11) is 0. The van der Waals surface area contributed by atoms with Crippen LogP contribution in [0.15, 0.2) is 12.7 Å². The summed E-state index contributed by atoms with van der Waals surface area (Å²) in [4.78, 5) is 0. The zero-order valence-electron chi connectivity index (χ0n) is 5.12. The summed E-state index contributed by atoms with van der Waals surface area (Å²) in [6, 6.07) is 0. The Morgan fingerprint density at radius 2 is 2.56 bits per heavy atom. The highest BCUT2D eigenvalue weighted by atomic mass is 32.2. The molecule has 1 rings (SSSR count). The Labute approximate surface area is 63.9 Å². The Morgan fingerprint density at radius 1 is 1.78 bits per heavy atom. The maximum atomic E-state index is 9.21. The molecule has 2 atom stereocenters. The maximum absolute atomic E-state index is 9.21. The first-order valence-corrected chi connectivity index (χ1v) is 5.05. The summed E-state index contributed by atoms with van der Waals surface area (Å²) in [5, 5.41) is 10.7. The molecule has 1 saturated heterocycles. The van der Waals surface area contributed by atoms with Crippen molar-refractivity contribution in [2.24, 2.45) is 0 Å². The SMILES string of the molecule is C=CC(O)C1CSCS1. The van der Waals surface area contributed by atoms with Crippen LogP contribution in [-0.4, -0.2) is 27.3 Å². The average molecular weight is 162 g/mol. The van der Waals surface area contributed by atoms with Gasteiger partial charge in [0.2, 0.25) is 0 Å². The van der Waals surface area contributed by atoms with Gasteiger partial charge in [-0.05, 0) is 0 Å². The fourth-order valence-electron chi connectivity index (χ4n) is 0.697. The number of rotatable bonds is 2. The van der Waals surface area contributed by atoms with E-state index in [9.17, 15) is 5.11 Å². The molecule has 2 unspecified atom stereocenters. The van der Waals surface area contributed by atoms with E-state index in [1.807, 2.05) is 23.5 Å². The van der Waals surface area contributed by atoms with Crippen LogP contribution in [0.3, 0.4) is 0 Å². The minimum Gasteiger partial charge on any atom is -0.388 e. The van der Waals surface area contributed by atoms with Gasteiger partial charge in [0.1, 0.15) is 0 Å². The van der Waals surface area contributed by atoms with Crippen molar-refractivity contribution in [3.8, 4) is 0 Å². The van der Waals surface area contributed by atoms with E-state index in [1.165, 1.54) is 0 Å². The van der Waals surface area contributed by atoms with Gasteiger partial charge in [-0.15, -0.1) is 30.1 Å². The zero-order valence-corrected chi connectivity index (χ0v) is 6.75. The van der Waals surface area contributed by atoms with E-state index < -0.39 is 0 Å². The molecule has 0 radical (unpaired) electrons. The van der Waals surface area contributed by atoms with Crippen LogP contribution in [0.25, 0.3) is 0 Å². The van der Waals surface area contributed by atoms with Crippen molar-refractivity contribution < 1.29 is 5.11 Å². The Kier molecular flexibility index (Phi) is 2.95. The molecule has 1 nitrogen and oxygen atoms in total. The van der Waals surface area contributed by atoms with Gasteiger partial charge < -0.3 is 5.11 Å². The van der Waals surface area contributed by atoms with Gasteiger partial charge in [-0.1, -0.05) is 6.08 Å². The van der Waals surface area contributed by atoms with E-state index >= 15 is 0 Å². The summed E-state index contributed by atoms with van der Waals surface area (Å²) in [5.41, 5.74) is 0. The molecule has 0 aliphatic carbocycles. The topological polar surface area (TPSA) is 20.2 Å². The van der Waals surface area contributed by atoms with Crippen LogP contribution in [0, 0.1) is 0 Å². The van der Waals surface area contributed by atoms with Crippen LogP contribution in [0.2, 0.25) is 0 Å². The van der Waals surface area contributed by atoms with Crippen molar-refractivity contribution in [3.63, 3.8) is 0 Å². The third-order valence-corrected chi connectivity index (χ3v) is 4.16. The van der Waals surface area contributed by atoms with Gasteiger partial charge in [0.25, 0.3) is 0 Å². The monoisotopic (exact) mass is 162 g/mol. The third kappa shape index (κ3) is 1.92. The molecule has 0 aromatic carbocycles. The van der Waals surface area contributed by atoms with Crippen LogP contribution >= 0.6 is 23.5 Å². The second-order valence-electron chi connectivity index (χ2n) is 1.92. The highest BCUT2D eigenvalue weighted by Gasteiger charge is 2.21. The minimum atomic E-state index is -0.301. The van der Waals surface area contributed by atoms with Crippen molar-refractivity contribution in [3.05, 3.63) is 12.7 Å². The van der Waals surface area contributed by atoms with Crippen LogP contribution in [-0.2, 0) is 0 Å². The lowest BCUT2D eigenvalue weighted by atomic mass is 10.3. The molecule has 1 heterocycles. The van der Waals surface area contributed by atoms with Crippen LogP contribution in [0.4, 0.5) is 0 Å². The molecule has 1 fully saturated rings. The van der Waals surface area contributed by atoms with E-state index in [0.717, 1.165) is 10.8 Å². The highest BCUT2D eigenvalue weighted by molar-refractivity contribution is 8.19. The van der Waals surface area contributed by atoms with E-state index in [0.29, 0.717) is 5.25 Å². The van der Waals surface area contributed by atoms with Crippen molar-refractivity contribution >= 4 is 23.5 Å². The van der Waals surface area contributed by atoms with E-state index in [1.54, 1.807) is 6.08 Å². The molecule has 1 aliphatic rings. The van der Waals surface area contributed by atoms with Crippen LogP contribution in [0.1, 0.15) is 0 Å². The first-order valence-electron chi connectivity index (χ1n) is 2.84. The lowest BCUT2D eigenvalue weighted by molar-refractivity contribution is 0.227. The fourth-order valence-corrected chi connectivity index (χ4v) is 3.58. The van der Waals surface area contributed by atoms with Crippen molar-refractivity contribution in [2.75, 3.05) is 10.8 Å². The van der Waals surface area contributed by atoms with Gasteiger partial charge in [0, 0.05) is 16.1 Å². The quantitative estimate of drug-likeness (QED) is 0.619. The molecule has 9 heavy (non-hydrogen) atoms. The number of hydrogen-bond donors (Lipinski definition) is 1. The first kappa shape index (κ1) is 7.51. The molecular formula is C6H10OS2. The Morgan fingerprint density at radius 3 is 3.00 bits per heavy atom. The number of hydrogen-bond acceptors (Lipinski definition) is 3. The minimum absolute atomic E-state index is 0.301. The maximum Gasteiger partial charge on any atom is 0.0845 e. The van der Waals surface area contributed by atoms with E-state index in [2.05, 4.69) is 6.58 Å². The summed E-state index contributed by atoms with van der Waals surface area (Å²) in [5.74, 6) is 1.07. The molecule has 52 valence electrons. The summed E-state index contributed by atoms with van der Waals surface area (Å²) in [6.07, 6.45) is 1.31. The molecule has 0 saturated carbocycles. The normalized spacial score (nSPS) is 30.1. The van der Waals surface area contributed by atoms with Crippen molar-refractivity contribution in [1.29, 1.82) is 0 Å². The Bertz CT molecular complexity index is 99.2.